The topological polar surface area (TPSA) is 57.4 Å². The van der Waals surface area contributed by atoms with Crippen LogP contribution < -0.4 is 4.74 Å². The Hall–Kier alpha value is -1.88. The van der Waals surface area contributed by atoms with E-state index in [1.165, 1.54) is 6.39 Å². The van der Waals surface area contributed by atoms with Gasteiger partial charge in [0.25, 0.3) is 0 Å². The van der Waals surface area contributed by atoms with Crippen molar-refractivity contribution in [2.45, 2.75) is 19.6 Å². The number of benzene rings is 1. The van der Waals surface area contributed by atoms with Gasteiger partial charge in [0, 0.05) is 0 Å². The van der Waals surface area contributed by atoms with Crippen LogP contribution in [0.15, 0.2) is 35.1 Å². The van der Waals surface area contributed by atoms with Crippen molar-refractivity contribution < 1.29 is 13.9 Å². The molecule has 5 nitrogen and oxygen atoms in total. The quantitative estimate of drug-likeness (QED) is 0.794. The van der Waals surface area contributed by atoms with Gasteiger partial charge >= 0.3 is 0 Å². The predicted molar refractivity (Wildman–Crippen MR) is 60.5 cm³/mol. The average molecular weight is 234 g/mol. The summed E-state index contributed by atoms with van der Waals surface area (Å²) in [6.45, 7) is 2.37. The molecular weight excluding hydrogens is 220 g/mol. The zero-order valence-electron chi connectivity index (χ0n) is 9.79. The maximum Gasteiger partial charge on any atom is 0.244 e. The smallest absolute Gasteiger partial charge is 0.244 e. The van der Waals surface area contributed by atoms with Crippen molar-refractivity contribution in [3.05, 3.63) is 42.1 Å². The van der Waals surface area contributed by atoms with Gasteiger partial charge in [-0.2, -0.15) is 0 Å². The van der Waals surface area contributed by atoms with Gasteiger partial charge in [-0.15, -0.1) is 10.2 Å². The van der Waals surface area contributed by atoms with Crippen molar-refractivity contribution in [2.24, 2.45) is 0 Å². The van der Waals surface area contributed by atoms with Gasteiger partial charge < -0.3 is 13.9 Å². The molecule has 90 valence electrons. The Bertz CT molecular complexity index is 439. The molecule has 17 heavy (non-hydrogen) atoms. The first kappa shape index (κ1) is 11.6. The van der Waals surface area contributed by atoms with Gasteiger partial charge in [-0.05, 0) is 24.6 Å². The molecule has 0 aliphatic heterocycles. The standard InChI is InChI=1S/C12H14N2O3/c1-9(12-14-13-8-17-12)16-7-10-3-5-11(15-2)6-4-10/h3-6,8-9H,7H2,1-2H3. The van der Waals surface area contributed by atoms with E-state index in [-0.39, 0.29) is 6.10 Å². The predicted octanol–water partition coefficient (Wildman–Crippen LogP) is 2.36. The fraction of sp³-hybridized carbons (Fsp3) is 0.333. The van der Waals surface area contributed by atoms with Gasteiger partial charge in [-0.1, -0.05) is 12.1 Å². The number of rotatable bonds is 5. The van der Waals surface area contributed by atoms with E-state index in [2.05, 4.69) is 10.2 Å². The summed E-state index contributed by atoms with van der Waals surface area (Å²) in [6.07, 6.45) is 1.09. The molecule has 0 aliphatic carbocycles. The number of hydrogen-bond acceptors (Lipinski definition) is 5. The number of aromatic nitrogens is 2. The molecule has 0 amide bonds. The molecule has 0 saturated heterocycles. The summed E-state index contributed by atoms with van der Waals surface area (Å²) in [7, 11) is 1.64. The number of methoxy groups -OCH3 is 1. The van der Waals surface area contributed by atoms with Gasteiger partial charge in [-0.25, -0.2) is 0 Å². The van der Waals surface area contributed by atoms with Gasteiger partial charge in [-0.3, -0.25) is 0 Å². The minimum atomic E-state index is -0.209. The van der Waals surface area contributed by atoms with E-state index < -0.39 is 0 Å². The van der Waals surface area contributed by atoms with E-state index >= 15 is 0 Å². The minimum absolute atomic E-state index is 0.209. The SMILES string of the molecule is COc1ccc(COC(C)c2nnco2)cc1. The summed E-state index contributed by atoms with van der Waals surface area (Å²) >= 11 is 0. The van der Waals surface area contributed by atoms with Crippen LogP contribution in [0.3, 0.4) is 0 Å². The number of ether oxygens (including phenoxy) is 2. The molecular formula is C12H14N2O3. The normalized spacial score (nSPS) is 12.4. The Balaban J connectivity index is 1.89. The van der Waals surface area contributed by atoms with Crippen molar-refractivity contribution in [1.82, 2.24) is 10.2 Å². The second kappa shape index (κ2) is 5.45. The minimum Gasteiger partial charge on any atom is -0.497 e. The molecule has 1 heterocycles. The molecule has 0 saturated carbocycles. The summed E-state index contributed by atoms with van der Waals surface area (Å²) in [5.41, 5.74) is 1.07. The lowest BCUT2D eigenvalue weighted by Gasteiger charge is -2.09. The van der Waals surface area contributed by atoms with E-state index in [9.17, 15) is 0 Å². The molecule has 1 aromatic heterocycles. The molecule has 0 radical (unpaired) electrons. The third-order valence-electron chi connectivity index (χ3n) is 2.38. The molecule has 1 unspecified atom stereocenters. The molecule has 0 N–H and O–H groups in total. The lowest BCUT2D eigenvalue weighted by molar-refractivity contribution is 0.0344. The first-order chi connectivity index (χ1) is 8.29. The molecule has 0 spiro atoms. The Morgan fingerprint density at radius 2 is 2.06 bits per heavy atom. The van der Waals surface area contributed by atoms with Crippen molar-refractivity contribution in [2.75, 3.05) is 7.11 Å². The highest BCUT2D eigenvalue weighted by Gasteiger charge is 2.11. The van der Waals surface area contributed by atoms with Crippen LogP contribution in [0, 0.1) is 0 Å². The molecule has 0 bridgehead atoms. The summed E-state index contributed by atoms with van der Waals surface area (Å²) in [4.78, 5) is 0. The van der Waals surface area contributed by atoms with E-state index in [1.807, 2.05) is 31.2 Å². The number of nitrogens with zero attached hydrogens (tertiary/aromatic N) is 2. The van der Waals surface area contributed by atoms with Crippen LogP contribution in [0.4, 0.5) is 0 Å². The highest BCUT2D eigenvalue weighted by molar-refractivity contribution is 5.26. The summed E-state index contributed by atoms with van der Waals surface area (Å²) in [5.74, 6) is 1.32. The zero-order valence-corrected chi connectivity index (χ0v) is 9.79. The molecule has 5 heteroatoms. The molecule has 1 aromatic carbocycles. The third kappa shape index (κ3) is 3.04. The summed E-state index contributed by atoms with van der Waals surface area (Å²) in [6, 6.07) is 7.71. The van der Waals surface area contributed by atoms with Gasteiger partial charge in [0.1, 0.15) is 11.9 Å². The van der Waals surface area contributed by atoms with E-state index in [0.29, 0.717) is 12.5 Å². The fourth-order valence-electron chi connectivity index (χ4n) is 1.37. The maximum absolute atomic E-state index is 5.61. The highest BCUT2D eigenvalue weighted by Crippen LogP contribution is 2.17. The molecule has 1 atom stereocenters. The first-order valence-corrected chi connectivity index (χ1v) is 5.30. The zero-order chi connectivity index (χ0) is 12.1. The maximum atomic E-state index is 5.61. The largest absolute Gasteiger partial charge is 0.497 e. The summed E-state index contributed by atoms with van der Waals surface area (Å²) < 4.78 is 15.7. The Morgan fingerprint density at radius 3 is 2.65 bits per heavy atom. The Labute approximate surface area is 99.4 Å². The van der Waals surface area contributed by atoms with Crippen molar-refractivity contribution in [3.8, 4) is 5.75 Å². The van der Waals surface area contributed by atoms with Crippen LogP contribution in [0.2, 0.25) is 0 Å². The monoisotopic (exact) mass is 234 g/mol. The van der Waals surface area contributed by atoms with Crippen molar-refractivity contribution in [3.63, 3.8) is 0 Å². The van der Waals surface area contributed by atoms with Crippen LogP contribution in [0.5, 0.6) is 5.75 Å². The molecule has 0 aliphatic rings. The second-order valence-electron chi connectivity index (χ2n) is 3.58. The van der Waals surface area contributed by atoms with E-state index in [1.54, 1.807) is 7.11 Å². The second-order valence-corrected chi connectivity index (χ2v) is 3.58. The lowest BCUT2D eigenvalue weighted by Crippen LogP contribution is -2.01. The Morgan fingerprint density at radius 1 is 1.29 bits per heavy atom. The molecule has 2 aromatic rings. The average Bonchev–Trinajstić information content (AvgIpc) is 2.90. The lowest BCUT2D eigenvalue weighted by atomic mass is 10.2. The van der Waals surface area contributed by atoms with Crippen LogP contribution in [-0.4, -0.2) is 17.3 Å². The Kier molecular flexibility index (Phi) is 3.72. The highest BCUT2D eigenvalue weighted by atomic mass is 16.5. The molecule has 0 fully saturated rings. The third-order valence-corrected chi connectivity index (χ3v) is 2.38. The van der Waals surface area contributed by atoms with E-state index in [0.717, 1.165) is 11.3 Å². The molecule has 2 rings (SSSR count). The summed E-state index contributed by atoms with van der Waals surface area (Å²) in [5, 5.41) is 7.40. The van der Waals surface area contributed by atoms with E-state index in [4.69, 9.17) is 13.9 Å². The van der Waals surface area contributed by atoms with Crippen LogP contribution in [0.25, 0.3) is 0 Å². The number of hydrogen-bond donors (Lipinski definition) is 0. The van der Waals surface area contributed by atoms with Crippen LogP contribution in [-0.2, 0) is 11.3 Å². The van der Waals surface area contributed by atoms with Crippen molar-refractivity contribution in [1.29, 1.82) is 0 Å². The fourth-order valence-corrected chi connectivity index (χ4v) is 1.37. The van der Waals surface area contributed by atoms with Crippen LogP contribution in [0.1, 0.15) is 24.5 Å². The van der Waals surface area contributed by atoms with Crippen molar-refractivity contribution >= 4 is 0 Å². The van der Waals surface area contributed by atoms with Gasteiger partial charge in [0.2, 0.25) is 12.3 Å². The van der Waals surface area contributed by atoms with Gasteiger partial charge in [0.15, 0.2) is 0 Å². The van der Waals surface area contributed by atoms with Gasteiger partial charge in [0.05, 0.1) is 13.7 Å². The first-order valence-electron chi connectivity index (χ1n) is 5.30. The van der Waals surface area contributed by atoms with Crippen LogP contribution >= 0.6 is 0 Å².